The van der Waals surface area contributed by atoms with E-state index in [-0.39, 0.29) is 11.6 Å². The average molecular weight is 607 g/mol. The normalized spacial score (nSPS) is 13.9. The standard InChI is InChI=1S/C30H30N4O10/c1-15(35)33-23-13-9-7-11-21(23)31-29(33)27(43-19(5)39)25(41-17(3)37)26(42-18(4)38)28(44-20(6)40)30-32-22-12-8-10-14-24(22)34(30)16(2)36/h7-14,25-28H,1-6H3. The lowest BCUT2D eigenvalue weighted by molar-refractivity contribution is -0.201. The van der Waals surface area contributed by atoms with Crippen LogP contribution < -0.4 is 0 Å². The third-order valence-corrected chi connectivity index (χ3v) is 6.42. The Morgan fingerprint density at radius 1 is 0.523 bits per heavy atom. The van der Waals surface area contributed by atoms with E-state index in [4.69, 9.17) is 18.9 Å². The van der Waals surface area contributed by atoms with E-state index < -0.39 is 60.1 Å². The van der Waals surface area contributed by atoms with Crippen LogP contribution in [0.2, 0.25) is 0 Å². The molecule has 0 aliphatic carbocycles. The zero-order valence-corrected chi connectivity index (χ0v) is 24.8. The SMILES string of the molecule is CC(=O)OC(c1nc2ccccc2n1C(C)=O)C(OC(C)=O)C(OC(C)=O)C(OC(C)=O)c1nc2ccccc2n1C(C)=O. The maximum Gasteiger partial charge on any atom is 0.303 e. The Hall–Kier alpha value is -5.40. The number of para-hydroxylation sites is 4. The molecular weight excluding hydrogens is 576 g/mol. The number of imidazole rings is 2. The summed E-state index contributed by atoms with van der Waals surface area (Å²) < 4.78 is 24.9. The van der Waals surface area contributed by atoms with Crippen molar-refractivity contribution in [3.8, 4) is 0 Å². The molecule has 14 heteroatoms. The van der Waals surface area contributed by atoms with Crippen LogP contribution in [0.15, 0.2) is 48.5 Å². The van der Waals surface area contributed by atoms with Gasteiger partial charge in [0.2, 0.25) is 24.0 Å². The van der Waals surface area contributed by atoms with Crippen LogP contribution in [-0.2, 0) is 38.1 Å². The molecule has 0 aliphatic rings. The van der Waals surface area contributed by atoms with E-state index >= 15 is 0 Å². The maximum atomic E-state index is 12.9. The molecule has 2 heterocycles. The molecule has 0 amide bonds. The molecule has 0 spiro atoms. The fourth-order valence-corrected chi connectivity index (χ4v) is 5.01. The molecule has 2 aromatic carbocycles. The highest BCUT2D eigenvalue weighted by Gasteiger charge is 2.48. The molecule has 4 atom stereocenters. The number of rotatable bonds is 9. The molecule has 4 aromatic rings. The van der Waals surface area contributed by atoms with Crippen molar-refractivity contribution in [3.05, 3.63) is 60.2 Å². The summed E-state index contributed by atoms with van der Waals surface area (Å²) >= 11 is 0. The third kappa shape index (κ3) is 6.48. The van der Waals surface area contributed by atoms with Gasteiger partial charge >= 0.3 is 23.9 Å². The lowest BCUT2D eigenvalue weighted by atomic mass is 10.00. The van der Waals surface area contributed by atoms with E-state index in [0.29, 0.717) is 22.1 Å². The second kappa shape index (κ2) is 12.9. The summed E-state index contributed by atoms with van der Waals surface area (Å²) in [6.45, 7) is 6.79. The molecule has 4 rings (SSSR count). The average Bonchev–Trinajstić information content (AvgIpc) is 3.51. The summed E-state index contributed by atoms with van der Waals surface area (Å²) in [5, 5.41) is 0. The second-order valence-corrected chi connectivity index (χ2v) is 9.83. The van der Waals surface area contributed by atoms with Crippen LogP contribution in [0.3, 0.4) is 0 Å². The first kappa shape index (κ1) is 31.5. The number of carbonyl (C=O) groups excluding carboxylic acids is 6. The Morgan fingerprint density at radius 2 is 0.841 bits per heavy atom. The number of aromatic nitrogens is 4. The van der Waals surface area contributed by atoms with E-state index in [1.807, 2.05) is 0 Å². The number of benzene rings is 2. The van der Waals surface area contributed by atoms with Crippen molar-refractivity contribution in [2.75, 3.05) is 0 Å². The van der Waals surface area contributed by atoms with E-state index in [1.54, 1.807) is 48.5 Å². The summed E-state index contributed by atoms with van der Waals surface area (Å²) in [5.41, 5.74) is 1.39. The zero-order chi connectivity index (χ0) is 32.3. The predicted molar refractivity (Wildman–Crippen MR) is 152 cm³/mol. The molecule has 0 saturated heterocycles. The van der Waals surface area contributed by atoms with E-state index in [2.05, 4.69) is 9.97 Å². The summed E-state index contributed by atoms with van der Waals surface area (Å²) in [4.78, 5) is 85.0. The van der Waals surface area contributed by atoms with Crippen molar-refractivity contribution in [2.24, 2.45) is 0 Å². The minimum absolute atomic E-state index is 0.168. The van der Waals surface area contributed by atoms with E-state index in [0.717, 1.165) is 36.8 Å². The molecule has 0 fully saturated rings. The molecular formula is C30H30N4O10. The molecule has 0 N–H and O–H groups in total. The van der Waals surface area contributed by atoms with Gasteiger partial charge in [0, 0.05) is 41.5 Å². The highest BCUT2D eigenvalue weighted by atomic mass is 16.6. The van der Waals surface area contributed by atoms with E-state index in [1.165, 1.54) is 13.8 Å². The van der Waals surface area contributed by atoms with Crippen LogP contribution >= 0.6 is 0 Å². The predicted octanol–water partition coefficient (Wildman–Crippen LogP) is 3.48. The molecule has 0 radical (unpaired) electrons. The van der Waals surface area contributed by atoms with Crippen molar-refractivity contribution in [2.45, 2.75) is 66.0 Å². The minimum Gasteiger partial charge on any atom is -0.454 e. The molecule has 14 nitrogen and oxygen atoms in total. The lowest BCUT2D eigenvalue weighted by Gasteiger charge is -2.35. The van der Waals surface area contributed by atoms with Gasteiger partial charge in [-0.05, 0) is 24.3 Å². The Kier molecular flexibility index (Phi) is 9.21. The smallest absolute Gasteiger partial charge is 0.303 e. The second-order valence-electron chi connectivity index (χ2n) is 9.83. The number of carbonyl (C=O) groups is 6. The van der Waals surface area contributed by atoms with Gasteiger partial charge in [0.15, 0.2) is 23.9 Å². The van der Waals surface area contributed by atoms with Gasteiger partial charge in [0.25, 0.3) is 0 Å². The maximum absolute atomic E-state index is 12.9. The van der Waals surface area contributed by atoms with Gasteiger partial charge < -0.3 is 18.9 Å². The summed E-state index contributed by atoms with van der Waals surface area (Å²) in [6, 6.07) is 13.1. The fourth-order valence-electron chi connectivity index (χ4n) is 5.01. The number of ether oxygens (including phenoxy) is 4. The summed E-state index contributed by atoms with van der Waals surface area (Å²) in [5.74, 6) is -4.92. The van der Waals surface area contributed by atoms with Crippen molar-refractivity contribution >= 4 is 57.8 Å². The first-order valence-corrected chi connectivity index (χ1v) is 13.5. The summed E-state index contributed by atoms with van der Waals surface area (Å²) in [7, 11) is 0. The Balaban J connectivity index is 2.04. The molecule has 0 saturated carbocycles. The van der Waals surface area contributed by atoms with Crippen molar-refractivity contribution in [1.29, 1.82) is 0 Å². The minimum atomic E-state index is -1.78. The first-order chi connectivity index (χ1) is 20.8. The number of hydrogen-bond donors (Lipinski definition) is 0. The van der Waals surface area contributed by atoms with E-state index in [9.17, 15) is 28.8 Å². The highest BCUT2D eigenvalue weighted by Crippen LogP contribution is 2.37. The van der Waals surface area contributed by atoms with Crippen LogP contribution in [0.5, 0.6) is 0 Å². The Morgan fingerprint density at radius 3 is 1.14 bits per heavy atom. The zero-order valence-electron chi connectivity index (χ0n) is 24.8. The topological polar surface area (TPSA) is 175 Å². The molecule has 44 heavy (non-hydrogen) atoms. The van der Waals surface area contributed by atoms with Gasteiger partial charge in [-0.2, -0.15) is 0 Å². The monoisotopic (exact) mass is 606 g/mol. The number of hydrogen-bond acceptors (Lipinski definition) is 12. The van der Waals surface area contributed by atoms with Crippen LogP contribution in [-0.4, -0.2) is 67.0 Å². The highest BCUT2D eigenvalue weighted by molar-refractivity contribution is 5.91. The van der Waals surface area contributed by atoms with Gasteiger partial charge in [-0.3, -0.25) is 37.9 Å². The number of nitrogens with zero attached hydrogens (tertiary/aromatic N) is 4. The molecule has 0 bridgehead atoms. The van der Waals surface area contributed by atoms with Gasteiger partial charge in [-0.25, -0.2) is 9.97 Å². The van der Waals surface area contributed by atoms with Gasteiger partial charge in [0.1, 0.15) is 0 Å². The lowest BCUT2D eigenvalue weighted by Crippen LogP contribution is -2.46. The van der Waals surface area contributed by atoms with Crippen LogP contribution in [0.25, 0.3) is 22.1 Å². The number of fused-ring (bicyclic) bond motifs is 2. The third-order valence-electron chi connectivity index (χ3n) is 6.42. The fraction of sp³-hybridized carbons (Fsp3) is 0.333. The van der Waals surface area contributed by atoms with Crippen LogP contribution in [0, 0.1) is 0 Å². The quantitative estimate of drug-likeness (QED) is 0.201. The largest absolute Gasteiger partial charge is 0.454 e. The molecule has 230 valence electrons. The van der Waals surface area contributed by atoms with Crippen molar-refractivity contribution in [3.63, 3.8) is 0 Å². The Bertz CT molecular complexity index is 1660. The van der Waals surface area contributed by atoms with Crippen LogP contribution in [0.1, 0.15) is 75.0 Å². The van der Waals surface area contributed by atoms with Gasteiger partial charge in [0.05, 0.1) is 22.1 Å². The summed E-state index contributed by atoms with van der Waals surface area (Å²) in [6.07, 6.45) is -6.94. The Labute approximate surface area is 250 Å². The number of esters is 4. The van der Waals surface area contributed by atoms with Gasteiger partial charge in [-0.1, -0.05) is 24.3 Å². The molecule has 4 unspecified atom stereocenters. The molecule has 0 aliphatic heterocycles. The van der Waals surface area contributed by atoms with Crippen molar-refractivity contribution in [1.82, 2.24) is 19.1 Å². The van der Waals surface area contributed by atoms with Gasteiger partial charge in [-0.15, -0.1) is 0 Å². The molecule has 2 aromatic heterocycles. The van der Waals surface area contributed by atoms with Crippen molar-refractivity contribution < 1.29 is 47.7 Å². The first-order valence-electron chi connectivity index (χ1n) is 13.5. The van der Waals surface area contributed by atoms with Crippen LogP contribution in [0.4, 0.5) is 0 Å².